The van der Waals surface area contributed by atoms with Gasteiger partial charge < -0.3 is 18.5 Å². The molecule has 4 rings (SSSR count). The summed E-state index contributed by atoms with van der Waals surface area (Å²) in [6.45, 7) is 3.85. The number of benzene rings is 2. The van der Waals surface area contributed by atoms with E-state index < -0.39 is 12.1 Å². The van der Waals surface area contributed by atoms with Gasteiger partial charge in [0, 0.05) is 11.6 Å². The largest absolute Gasteiger partial charge is 0.478 e. The number of carbonyl (C=O) groups is 1. The summed E-state index contributed by atoms with van der Waals surface area (Å²) in [6, 6.07) is 14.4. The van der Waals surface area contributed by atoms with Gasteiger partial charge in [0.25, 0.3) is 5.56 Å². The van der Waals surface area contributed by atoms with E-state index in [1.165, 1.54) is 4.57 Å². The Morgan fingerprint density at radius 2 is 1.97 bits per heavy atom. The van der Waals surface area contributed by atoms with Crippen molar-refractivity contribution in [3.63, 3.8) is 0 Å². The molecule has 148 valence electrons. The van der Waals surface area contributed by atoms with Gasteiger partial charge >= 0.3 is 5.97 Å². The minimum absolute atomic E-state index is 0.195. The number of rotatable bonds is 6. The maximum absolute atomic E-state index is 13.0. The Labute approximate surface area is 166 Å². The van der Waals surface area contributed by atoms with Crippen molar-refractivity contribution in [3.8, 4) is 5.75 Å². The lowest BCUT2D eigenvalue weighted by molar-refractivity contribution is -0.150. The Hall–Kier alpha value is -3.61. The van der Waals surface area contributed by atoms with Gasteiger partial charge in [0.2, 0.25) is 5.89 Å². The molecule has 0 aliphatic carbocycles. The second kappa shape index (κ2) is 7.79. The molecule has 2 aromatic carbocycles. The fraction of sp³-hybridized carbons (Fsp3) is 0.227. The van der Waals surface area contributed by atoms with E-state index >= 15 is 0 Å². The topological polar surface area (TPSA) is 83.6 Å². The summed E-state index contributed by atoms with van der Waals surface area (Å²) in [7, 11) is 0. The Bertz CT molecular complexity index is 1210. The van der Waals surface area contributed by atoms with Gasteiger partial charge in [0.1, 0.15) is 17.8 Å². The molecule has 0 N–H and O–H groups in total. The second-order valence-electron chi connectivity index (χ2n) is 6.55. The fourth-order valence-corrected chi connectivity index (χ4v) is 3.15. The average Bonchev–Trinajstić information content (AvgIpc) is 3.13. The van der Waals surface area contributed by atoms with Crippen molar-refractivity contribution in [2.24, 2.45) is 0 Å². The number of aromatic nitrogens is 2. The average molecular weight is 392 g/mol. The molecule has 7 heteroatoms. The predicted molar refractivity (Wildman–Crippen MR) is 108 cm³/mol. The normalized spacial score (nSPS) is 12.2. The minimum Gasteiger partial charge on any atom is -0.478 e. The van der Waals surface area contributed by atoms with E-state index in [9.17, 15) is 9.59 Å². The molecule has 0 aliphatic rings. The van der Waals surface area contributed by atoms with Crippen LogP contribution in [-0.2, 0) is 16.1 Å². The van der Waals surface area contributed by atoms with Crippen LogP contribution in [0.3, 0.4) is 0 Å². The van der Waals surface area contributed by atoms with Crippen LogP contribution in [0, 0.1) is 0 Å². The highest BCUT2D eigenvalue weighted by Gasteiger charge is 2.18. The number of ether oxygens (including phenoxy) is 2. The highest BCUT2D eigenvalue weighted by Crippen LogP contribution is 2.25. The van der Waals surface area contributed by atoms with Gasteiger partial charge in [-0.25, -0.2) is 9.78 Å². The number of esters is 1. The molecule has 2 aromatic heterocycles. The first kappa shape index (κ1) is 18.7. The maximum atomic E-state index is 13.0. The molecular weight excluding hydrogens is 372 g/mol. The van der Waals surface area contributed by atoms with E-state index in [1.54, 1.807) is 44.3 Å². The van der Waals surface area contributed by atoms with Crippen molar-refractivity contribution in [1.29, 1.82) is 0 Å². The number of hydrogen-bond acceptors (Lipinski definition) is 6. The van der Waals surface area contributed by atoms with Crippen LogP contribution in [0.5, 0.6) is 5.75 Å². The third kappa shape index (κ3) is 3.71. The lowest BCUT2D eigenvalue weighted by Gasteiger charge is -2.15. The summed E-state index contributed by atoms with van der Waals surface area (Å²) in [6.07, 6.45) is 0.893. The number of nitrogens with zero attached hydrogens (tertiary/aromatic N) is 2. The van der Waals surface area contributed by atoms with E-state index in [2.05, 4.69) is 4.98 Å². The van der Waals surface area contributed by atoms with Gasteiger partial charge in [-0.05, 0) is 44.2 Å². The van der Waals surface area contributed by atoms with Crippen LogP contribution in [0.25, 0.3) is 21.9 Å². The lowest BCUT2D eigenvalue weighted by atomic mass is 10.1. The van der Waals surface area contributed by atoms with Crippen LogP contribution < -0.4 is 10.3 Å². The zero-order chi connectivity index (χ0) is 20.4. The summed E-state index contributed by atoms with van der Waals surface area (Å²) in [5.41, 5.74) is 1.24. The van der Waals surface area contributed by atoms with E-state index in [1.807, 2.05) is 24.3 Å². The molecule has 0 bridgehead atoms. The number of para-hydroxylation sites is 2. The van der Waals surface area contributed by atoms with Gasteiger partial charge in [-0.1, -0.05) is 18.2 Å². The maximum Gasteiger partial charge on any atom is 0.347 e. The second-order valence-corrected chi connectivity index (χ2v) is 6.55. The van der Waals surface area contributed by atoms with Gasteiger partial charge in [-0.3, -0.25) is 4.79 Å². The first-order valence-electron chi connectivity index (χ1n) is 9.36. The molecule has 1 atom stereocenters. The monoisotopic (exact) mass is 392 g/mol. The Morgan fingerprint density at radius 3 is 2.76 bits per heavy atom. The first-order valence-corrected chi connectivity index (χ1v) is 9.36. The van der Waals surface area contributed by atoms with Crippen molar-refractivity contribution >= 4 is 27.8 Å². The standard InChI is InChI=1S/C22H20N2O5/c1-3-27-22(26)14(2)28-18-10-6-7-16-15(18)11-12-24(21(16)25)13-20-23-17-8-4-5-9-19(17)29-20/h4-12,14H,3,13H2,1-2H3. The van der Waals surface area contributed by atoms with Gasteiger partial charge in [0.05, 0.1) is 12.0 Å². The molecular formula is C22H20N2O5. The molecule has 4 aromatic rings. The zero-order valence-corrected chi connectivity index (χ0v) is 16.1. The number of fused-ring (bicyclic) bond motifs is 2. The summed E-state index contributed by atoms with van der Waals surface area (Å²) in [5, 5.41) is 1.11. The van der Waals surface area contributed by atoms with Crippen LogP contribution in [0.4, 0.5) is 0 Å². The number of hydrogen-bond donors (Lipinski definition) is 0. The van der Waals surface area contributed by atoms with Crippen molar-refractivity contribution in [2.45, 2.75) is 26.5 Å². The Balaban J connectivity index is 1.65. The molecule has 0 fully saturated rings. The van der Waals surface area contributed by atoms with Crippen molar-refractivity contribution in [2.75, 3.05) is 6.61 Å². The van der Waals surface area contributed by atoms with E-state index in [4.69, 9.17) is 13.9 Å². The van der Waals surface area contributed by atoms with E-state index in [-0.39, 0.29) is 18.7 Å². The number of carbonyl (C=O) groups excluding carboxylic acids is 1. The fourth-order valence-electron chi connectivity index (χ4n) is 3.15. The van der Waals surface area contributed by atoms with Crippen LogP contribution in [-0.4, -0.2) is 28.2 Å². The van der Waals surface area contributed by atoms with Crippen LogP contribution in [0.1, 0.15) is 19.7 Å². The molecule has 7 nitrogen and oxygen atoms in total. The Morgan fingerprint density at radius 1 is 1.14 bits per heavy atom. The summed E-state index contributed by atoms with van der Waals surface area (Å²) in [5.74, 6) is 0.457. The molecule has 2 heterocycles. The Kier molecular flexibility index (Phi) is 5.03. The zero-order valence-electron chi connectivity index (χ0n) is 16.1. The number of pyridine rings is 1. The molecule has 0 saturated carbocycles. The molecule has 0 radical (unpaired) electrons. The first-order chi connectivity index (χ1) is 14.1. The summed E-state index contributed by atoms with van der Waals surface area (Å²) < 4.78 is 18.0. The van der Waals surface area contributed by atoms with Gasteiger partial charge in [-0.15, -0.1) is 0 Å². The van der Waals surface area contributed by atoms with E-state index in [0.717, 1.165) is 5.52 Å². The van der Waals surface area contributed by atoms with Crippen molar-refractivity contribution in [1.82, 2.24) is 9.55 Å². The van der Waals surface area contributed by atoms with Crippen LogP contribution in [0.2, 0.25) is 0 Å². The lowest BCUT2D eigenvalue weighted by Crippen LogP contribution is -2.26. The molecule has 0 aliphatic heterocycles. The smallest absolute Gasteiger partial charge is 0.347 e. The highest BCUT2D eigenvalue weighted by atomic mass is 16.6. The van der Waals surface area contributed by atoms with Gasteiger partial charge in [0.15, 0.2) is 11.7 Å². The van der Waals surface area contributed by atoms with E-state index in [0.29, 0.717) is 28.0 Å². The summed E-state index contributed by atoms with van der Waals surface area (Å²) >= 11 is 0. The molecule has 0 saturated heterocycles. The summed E-state index contributed by atoms with van der Waals surface area (Å²) in [4.78, 5) is 29.2. The predicted octanol–water partition coefficient (Wildman–Crippen LogP) is 3.52. The van der Waals surface area contributed by atoms with Crippen molar-refractivity contribution < 1.29 is 18.7 Å². The third-order valence-corrected chi connectivity index (χ3v) is 4.54. The SMILES string of the molecule is CCOC(=O)C(C)Oc1cccc2c(=O)n(Cc3nc4ccccc4o3)ccc12. The highest BCUT2D eigenvalue weighted by molar-refractivity contribution is 5.88. The molecule has 0 amide bonds. The molecule has 1 unspecified atom stereocenters. The van der Waals surface area contributed by atoms with Crippen molar-refractivity contribution in [3.05, 3.63) is 71.0 Å². The third-order valence-electron chi connectivity index (χ3n) is 4.54. The molecule has 29 heavy (non-hydrogen) atoms. The van der Waals surface area contributed by atoms with Crippen LogP contribution in [0.15, 0.2) is 63.9 Å². The van der Waals surface area contributed by atoms with Gasteiger partial charge in [-0.2, -0.15) is 0 Å². The number of oxazole rings is 1. The molecule has 0 spiro atoms. The quantitative estimate of drug-likeness (QED) is 0.467. The minimum atomic E-state index is -0.775. The van der Waals surface area contributed by atoms with Crippen LogP contribution >= 0.6 is 0 Å².